The van der Waals surface area contributed by atoms with Crippen molar-refractivity contribution in [2.75, 3.05) is 7.11 Å². The van der Waals surface area contributed by atoms with E-state index in [1.807, 2.05) is 18.2 Å². The predicted molar refractivity (Wildman–Crippen MR) is 70.5 cm³/mol. The highest BCUT2D eigenvalue weighted by molar-refractivity contribution is 5.68. The van der Waals surface area contributed by atoms with Crippen LogP contribution >= 0.6 is 0 Å². The molecule has 0 aliphatic carbocycles. The minimum absolute atomic E-state index is 0.0496. The molecule has 1 amide bonds. The Hall–Kier alpha value is -1.95. The first-order chi connectivity index (χ1) is 9.63. The van der Waals surface area contributed by atoms with Crippen LogP contribution in [0.2, 0.25) is 0 Å². The minimum Gasteiger partial charge on any atom is -0.443 e. The zero-order valence-electron chi connectivity index (χ0n) is 11.5. The third-order valence-electron chi connectivity index (χ3n) is 2.80. The summed E-state index contributed by atoms with van der Waals surface area (Å²) in [5.74, 6) is 0. The molecule has 2 atom stereocenters. The SMILES string of the molecule is CCC([C@H](F)C=O)N(OC)C(=O)OCc1ccccc1. The summed E-state index contributed by atoms with van der Waals surface area (Å²) in [6.07, 6.45) is -2.27. The summed E-state index contributed by atoms with van der Waals surface area (Å²) in [6, 6.07) is 8.07. The molecule has 5 nitrogen and oxygen atoms in total. The number of hydroxylamine groups is 2. The van der Waals surface area contributed by atoms with E-state index >= 15 is 0 Å². The number of carbonyl (C=O) groups is 2. The van der Waals surface area contributed by atoms with Crippen molar-refractivity contribution in [3.8, 4) is 0 Å². The summed E-state index contributed by atoms with van der Waals surface area (Å²) in [5.41, 5.74) is 0.803. The highest BCUT2D eigenvalue weighted by atomic mass is 19.1. The normalized spacial score (nSPS) is 13.3. The van der Waals surface area contributed by atoms with Crippen LogP contribution in [0.1, 0.15) is 18.9 Å². The van der Waals surface area contributed by atoms with Gasteiger partial charge in [-0.2, -0.15) is 5.06 Å². The molecule has 0 saturated heterocycles. The number of rotatable bonds is 7. The maximum Gasteiger partial charge on any atom is 0.434 e. The van der Waals surface area contributed by atoms with Gasteiger partial charge in [0.05, 0.1) is 7.11 Å². The van der Waals surface area contributed by atoms with Crippen LogP contribution in [0.15, 0.2) is 30.3 Å². The highest BCUT2D eigenvalue weighted by Gasteiger charge is 2.31. The molecule has 1 unspecified atom stereocenters. The van der Waals surface area contributed by atoms with Gasteiger partial charge in [0.1, 0.15) is 12.6 Å². The standard InChI is InChI=1S/C14H18FNO4/c1-3-13(12(15)9-17)16(19-2)14(18)20-10-11-7-5-4-6-8-11/h4-9,12-13H,3,10H2,1-2H3/t12-,13?/m1/s1. The molecule has 0 saturated carbocycles. The van der Waals surface area contributed by atoms with Gasteiger partial charge in [0.25, 0.3) is 0 Å². The maximum atomic E-state index is 13.5. The second kappa shape index (κ2) is 8.27. The van der Waals surface area contributed by atoms with E-state index in [2.05, 4.69) is 0 Å². The third-order valence-corrected chi connectivity index (χ3v) is 2.80. The molecule has 0 aliphatic rings. The number of nitrogens with zero attached hydrogens (tertiary/aromatic N) is 1. The molecule has 1 aromatic carbocycles. The van der Waals surface area contributed by atoms with Gasteiger partial charge in [-0.1, -0.05) is 37.3 Å². The number of hydrogen-bond donors (Lipinski definition) is 0. The van der Waals surface area contributed by atoms with Gasteiger partial charge >= 0.3 is 6.09 Å². The lowest BCUT2D eigenvalue weighted by Crippen LogP contribution is -2.45. The summed E-state index contributed by atoms with van der Waals surface area (Å²) in [4.78, 5) is 27.2. The fraction of sp³-hybridized carbons (Fsp3) is 0.429. The van der Waals surface area contributed by atoms with Crippen molar-refractivity contribution < 1.29 is 23.6 Å². The first-order valence-corrected chi connectivity index (χ1v) is 6.27. The molecule has 0 N–H and O–H groups in total. The Morgan fingerprint density at radius 2 is 2.05 bits per heavy atom. The van der Waals surface area contributed by atoms with E-state index in [4.69, 9.17) is 9.57 Å². The number of halogens is 1. The molecule has 0 radical (unpaired) electrons. The molecule has 20 heavy (non-hydrogen) atoms. The third kappa shape index (κ3) is 4.31. The van der Waals surface area contributed by atoms with Crippen LogP contribution in [-0.2, 0) is 21.0 Å². The summed E-state index contributed by atoms with van der Waals surface area (Å²) >= 11 is 0. The molecule has 0 bridgehead atoms. The van der Waals surface area contributed by atoms with Crippen LogP contribution < -0.4 is 0 Å². The lowest BCUT2D eigenvalue weighted by atomic mass is 10.1. The van der Waals surface area contributed by atoms with Crippen molar-refractivity contribution in [1.29, 1.82) is 0 Å². The van der Waals surface area contributed by atoms with Gasteiger partial charge in [-0.25, -0.2) is 9.18 Å². The quantitative estimate of drug-likeness (QED) is 0.570. The fourth-order valence-electron chi connectivity index (χ4n) is 1.74. The molecule has 1 rings (SSSR count). The minimum atomic E-state index is -1.82. The van der Waals surface area contributed by atoms with Crippen molar-refractivity contribution in [3.05, 3.63) is 35.9 Å². The molecular formula is C14H18FNO4. The van der Waals surface area contributed by atoms with E-state index in [1.54, 1.807) is 19.1 Å². The van der Waals surface area contributed by atoms with Gasteiger partial charge in [-0.05, 0) is 12.0 Å². The lowest BCUT2D eigenvalue weighted by Gasteiger charge is -2.28. The van der Waals surface area contributed by atoms with Gasteiger partial charge < -0.3 is 9.53 Å². The number of amides is 1. The summed E-state index contributed by atoms with van der Waals surface area (Å²) in [7, 11) is 1.23. The van der Waals surface area contributed by atoms with Gasteiger partial charge in [-0.3, -0.25) is 4.84 Å². The van der Waals surface area contributed by atoms with Gasteiger partial charge in [0.15, 0.2) is 12.5 Å². The molecular weight excluding hydrogens is 265 g/mol. The number of aldehydes is 1. The maximum absolute atomic E-state index is 13.5. The van der Waals surface area contributed by atoms with Crippen LogP contribution in [0.4, 0.5) is 9.18 Å². The molecule has 0 fully saturated rings. The van der Waals surface area contributed by atoms with E-state index in [0.717, 1.165) is 10.6 Å². The van der Waals surface area contributed by atoms with Crippen molar-refractivity contribution in [2.45, 2.75) is 32.2 Å². The summed E-state index contributed by atoms with van der Waals surface area (Å²) in [5, 5.41) is 0.752. The highest BCUT2D eigenvalue weighted by Crippen LogP contribution is 2.13. The largest absolute Gasteiger partial charge is 0.443 e. The van der Waals surface area contributed by atoms with Crippen molar-refractivity contribution in [2.24, 2.45) is 0 Å². The predicted octanol–water partition coefficient (Wildman–Crippen LogP) is 2.50. The Labute approximate surface area is 117 Å². The zero-order chi connectivity index (χ0) is 15.0. The van der Waals surface area contributed by atoms with Crippen LogP contribution in [0.25, 0.3) is 0 Å². The van der Waals surface area contributed by atoms with E-state index in [9.17, 15) is 14.0 Å². The molecule has 0 aliphatic heterocycles. The lowest BCUT2D eigenvalue weighted by molar-refractivity contribution is -0.155. The van der Waals surface area contributed by atoms with E-state index in [1.165, 1.54) is 7.11 Å². The second-order valence-corrected chi connectivity index (χ2v) is 4.10. The number of ether oxygens (including phenoxy) is 1. The monoisotopic (exact) mass is 283 g/mol. The fourth-order valence-corrected chi connectivity index (χ4v) is 1.74. The number of alkyl halides is 1. The van der Waals surface area contributed by atoms with Crippen molar-refractivity contribution in [1.82, 2.24) is 5.06 Å². The molecule has 6 heteroatoms. The summed E-state index contributed by atoms with van der Waals surface area (Å²) < 4.78 is 18.5. The number of hydrogen-bond acceptors (Lipinski definition) is 4. The average molecular weight is 283 g/mol. The van der Waals surface area contributed by atoms with Crippen LogP contribution in [0, 0.1) is 0 Å². The summed E-state index contributed by atoms with van der Waals surface area (Å²) in [6.45, 7) is 1.70. The van der Waals surface area contributed by atoms with Crippen LogP contribution in [-0.4, -0.2) is 36.8 Å². The van der Waals surface area contributed by atoms with Gasteiger partial charge in [-0.15, -0.1) is 0 Å². The van der Waals surface area contributed by atoms with Crippen molar-refractivity contribution >= 4 is 12.4 Å². The van der Waals surface area contributed by atoms with Gasteiger partial charge in [0.2, 0.25) is 0 Å². The first-order valence-electron chi connectivity index (χ1n) is 6.27. The second-order valence-electron chi connectivity index (χ2n) is 4.10. The average Bonchev–Trinajstić information content (AvgIpc) is 2.50. The smallest absolute Gasteiger partial charge is 0.434 e. The van der Waals surface area contributed by atoms with E-state index < -0.39 is 18.3 Å². The van der Waals surface area contributed by atoms with Crippen LogP contribution in [0.5, 0.6) is 0 Å². The first kappa shape index (κ1) is 16.1. The molecule has 0 spiro atoms. The molecule has 0 aromatic heterocycles. The number of benzene rings is 1. The molecule has 0 heterocycles. The Morgan fingerprint density at radius 3 is 2.55 bits per heavy atom. The Bertz CT molecular complexity index is 426. The Kier molecular flexibility index (Phi) is 6.66. The Balaban J connectivity index is 2.64. The number of carbonyl (C=O) groups excluding carboxylic acids is 2. The van der Waals surface area contributed by atoms with Crippen molar-refractivity contribution in [3.63, 3.8) is 0 Å². The van der Waals surface area contributed by atoms with Gasteiger partial charge in [0, 0.05) is 0 Å². The molecule has 1 aromatic rings. The van der Waals surface area contributed by atoms with Crippen LogP contribution in [0.3, 0.4) is 0 Å². The topological polar surface area (TPSA) is 55.8 Å². The molecule has 110 valence electrons. The van der Waals surface area contributed by atoms with E-state index in [-0.39, 0.29) is 19.3 Å². The Morgan fingerprint density at radius 1 is 1.40 bits per heavy atom. The zero-order valence-corrected chi connectivity index (χ0v) is 11.5. The van der Waals surface area contributed by atoms with E-state index in [0.29, 0.717) is 0 Å².